The summed E-state index contributed by atoms with van der Waals surface area (Å²) >= 11 is 0. The van der Waals surface area contributed by atoms with Crippen LogP contribution in [0, 0.1) is 5.92 Å². The molecule has 6 heteroatoms. The van der Waals surface area contributed by atoms with E-state index in [0.717, 1.165) is 12.8 Å². The molecule has 0 spiro atoms. The molecular weight excluding hydrogens is 334 g/mol. The predicted octanol–water partition coefficient (Wildman–Crippen LogP) is 3.70. The Kier molecular flexibility index (Phi) is 7.75. The molecule has 1 atom stereocenters. The summed E-state index contributed by atoms with van der Waals surface area (Å²) in [5.74, 6) is 0.430. The molecule has 2 N–H and O–H groups in total. The third kappa shape index (κ3) is 5.93. The summed E-state index contributed by atoms with van der Waals surface area (Å²) in [6.07, 6.45) is 7.27. The van der Waals surface area contributed by atoms with E-state index < -0.39 is 12.0 Å². The molecule has 1 aromatic rings. The maximum absolute atomic E-state index is 12.5. The normalized spacial score (nSPS) is 16.4. The zero-order valence-corrected chi connectivity index (χ0v) is 15.6. The number of ether oxygens (including phenoxy) is 2. The molecule has 0 radical (unpaired) electrons. The fourth-order valence-electron chi connectivity index (χ4n) is 3.58. The number of nitrogens with one attached hydrogen (secondary N) is 1. The van der Waals surface area contributed by atoms with E-state index in [9.17, 15) is 14.7 Å². The van der Waals surface area contributed by atoms with E-state index in [1.54, 1.807) is 25.3 Å². The highest BCUT2D eigenvalue weighted by atomic mass is 16.5. The van der Waals surface area contributed by atoms with E-state index in [1.807, 2.05) is 0 Å². The molecule has 1 unspecified atom stereocenters. The number of amides is 1. The molecule has 6 nitrogen and oxygen atoms in total. The molecule has 1 aromatic carbocycles. The highest BCUT2D eigenvalue weighted by molar-refractivity contribution is 5.78. The van der Waals surface area contributed by atoms with Gasteiger partial charge in [0.1, 0.15) is 0 Å². The van der Waals surface area contributed by atoms with E-state index in [0.29, 0.717) is 29.4 Å². The van der Waals surface area contributed by atoms with Gasteiger partial charge < -0.3 is 19.9 Å². The Morgan fingerprint density at radius 3 is 2.35 bits per heavy atom. The Hall–Kier alpha value is -2.24. The van der Waals surface area contributed by atoms with E-state index in [1.165, 1.54) is 32.8 Å². The molecule has 26 heavy (non-hydrogen) atoms. The van der Waals surface area contributed by atoms with Gasteiger partial charge in [0.05, 0.1) is 26.7 Å². The molecule has 1 aliphatic rings. The number of carbonyl (C=O) groups excluding carboxylic acids is 1. The first kappa shape index (κ1) is 20.1. The van der Waals surface area contributed by atoms with Gasteiger partial charge in [-0.3, -0.25) is 9.59 Å². The van der Waals surface area contributed by atoms with Crippen LogP contribution in [0.4, 0.5) is 0 Å². The number of aliphatic carboxylic acids is 1. The van der Waals surface area contributed by atoms with Crippen LogP contribution >= 0.6 is 0 Å². The Labute approximate surface area is 154 Å². The molecule has 1 amide bonds. The van der Waals surface area contributed by atoms with Gasteiger partial charge in [0, 0.05) is 6.42 Å². The van der Waals surface area contributed by atoms with E-state index in [-0.39, 0.29) is 12.3 Å². The van der Waals surface area contributed by atoms with Gasteiger partial charge >= 0.3 is 5.97 Å². The number of hydrogen-bond acceptors (Lipinski definition) is 4. The quantitative estimate of drug-likeness (QED) is 0.688. The van der Waals surface area contributed by atoms with Gasteiger partial charge in [-0.2, -0.15) is 0 Å². The van der Waals surface area contributed by atoms with Crippen LogP contribution in [0.15, 0.2) is 18.2 Å². The second-order valence-corrected chi connectivity index (χ2v) is 6.89. The van der Waals surface area contributed by atoms with Crippen molar-refractivity contribution in [3.05, 3.63) is 23.8 Å². The summed E-state index contributed by atoms with van der Waals surface area (Å²) < 4.78 is 10.5. The van der Waals surface area contributed by atoms with Gasteiger partial charge in [0.2, 0.25) is 5.91 Å². The van der Waals surface area contributed by atoms with E-state index in [2.05, 4.69) is 5.32 Å². The largest absolute Gasteiger partial charge is 0.493 e. The number of methoxy groups -OCH3 is 2. The molecule has 1 saturated carbocycles. The minimum absolute atomic E-state index is 0.0852. The van der Waals surface area contributed by atoms with Crippen molar-refractivity contribution in [2.24, 2.45) is 5.92 Å². The molecule has 144 valence electrons. The van der Waals surface area contributed by atoms with E-state index >= 15 is 0 Å². The summed E-state index contributed by atoms with van der Waals surface area (Å²) in [7, 11) is 3.07. The summed E-state index contributed by atoms with van der Waals surface area (Å²) in [6, 6.07) is 4.62. The van der Waals surface area contributed by atoms with Gasteiger partial charge in [-0.05, 0) is 36.5 Å². The topological polar surface area (TPSA) is 84.9 Å². The Balaban J connectivity index is 2.08. The number of carbonyl (C=O) groups is 2. The fourth-order valence-corrected chi connectivity index (χ4v) is 3.58. The first-order chi connectivity index (χ1) is 12.5. The minimum Gasteiger partial charge on any atom is -0.493 e. The van der Waals surface area contributed by atoms with Crippen LogP contribution in [0.1, 0.15) is 63.0 Å². The zero-order valence-electron chi connectivity index (χ0n) is 15.6. The van der Waals surface area contributed by atoms with Crippen molar-refractivity contribution in [1.29, 1.82) is 0 Å². The molecule has 0 aliphatic heterocycles. The lowest BCUT2D eigenvalue weighted by molar-refractivity contribution is -0.137. The number of carboxylic acid groups (broad SMARTS) is 1. The maximum atomic E-state index is 12.5. The van der Waals surface area contributed by atoms with Gasteiger partial charge in [-0.15, -0.1) is 0 Å². The molecule has 0 heterocycles. The minimum atomic E-state index is -0.959. The predicted molar refractivity (Wildman–Crippen MR) is 98.5 cm³/mol. The lowest BCUT2D eigenvalue weighted by Gasteiger charge is -2.21. The van der Waals surface area contributed by atoms with Crippen molar-refractivity contribution in [3.8, 4) is 11.5 Å². The summed E-state index contributed by atoms with van der Waals surface area (Å²) in [6.45, 7) is 0. The smallest absolute Gasteiger partial charge is 0.305 e. The van der Waals surface area contributed by atoms with Gasteiger partial charge in [-0.1, -0.05) is 31.7 Å². The fraction of sp³-hybridized carbons (Fsp3) is 0.600. The Bertz CT molecular complexity index is 608. The summed E-state index contributed by atoms with van der Waals surface area (Å²) in [5.41, 5.74) is 0.694. The monoisotopic (exact) mass is 363 g/mol. The molecule has 0 aromatic heterocycles. The first-order valence-electron chi connectivity index (χ1n) is 9.26. The van der Waals surface area contributed by atoms with E-state index in [4.69, 9.17) is 9.47 Å². The van der Waals surface area contributed by atoms with Crippen LogP contribution in [0.2, 0.25) is 0 Å². The third-order valence-corrected chi connectivity index (χ3v) is 4.97. The second-order valence-electron chi connectivity index (χ2n) is 6.89. The summed E-state index contributed by atoms with van der Waals surface area (Å²) in [5, 5.41) is 12.1. The average molecular weight is 363 g/mol. The highest BCUT2D eigenvalue weighted by Crippen LogP contribution is 2.31. The first-order valence-corrected chi connectivity index (χ1v) is 9.26. The maximum Gasteiger partial charge on any atom is 0.305 e. The van der Waals surface area contributed by atoms with Crippen LogP contribution < -0.4 is 14.8 Å². The molecular formula is C20H29NO5. The van der Waals surface area contributed by atoms with Crippen molar-refractivity contribution in [2.75, 3.05) is 14.2 Å². The highest BCUT2D eigenvalue weighted by Gasteiger charge is 2.22. The number of benzene rings is 1. The third-order valence-electron chi connectivity index (χ3n) is 4.97. The Morgan fingerprint density at radius 2 is 1.77 bits per heavy atom. The molecule has 0 saturated heterocycles. The van der Waals surface area contributed by atoms with Crippen molar-refractivity contribution >= 4 is 11.9 Å². The second kappa shape index (κ2) is 10.0. The van der Waals surface area contributed by atoms with Gasteiger partial charge in [0.25, 0.3) is 0 Å². The zero-order chi connectivity index (χ0) is 18.9. The molecule has 1 fully saturated rings. The lowest BCUT2D eigenvalue weighted by Crippen LogP contribution is -2.31. The molecule has 1 aliphatic carbocycles. The SMILES string of the molecule is COc1ccc(C(CC(=O)O)NC(=O)CC2CCCCCC2)cc1OC. The van der Waals surface area contributed by atoms with Gasteiger partial charge in [-0.25, -0.2) is 0 Å². The number of carboxylic acids is 1. The van der Waals surface area contributed by atoms with Crippen LogP contribution in [0.3, 0.4) is 0 Å². The lowest BCUT2D eigenvalue weighted by atomic mass is 9.95. The van der Waals surface area contributed by atoms with Crippen LogP contribution in [0.5, 0.6) is 11.5 Å². The molecule has 2 rings (SSSR count). The number of hydrogen-bond donors (Lipinski definition) is 2. The van der Waals surface area contributed by atoms with Crippen LogP contribution in [-0.4, -0.2) is 31.2 Å². The van der Waals surface area contributed by atoms with Crippen molar-refractivity contribution in [2.45, 2.75) is 57.4 Å². The van der Waals surface area contributed by atoms with Crippen molar-refractivity contribution in [1.82, 2.24) is 5.32 Å². The molecule has 0 bridgehead atoms. The summed E-state index contributed by atoms with van der Waals surface area (Å²) in [4.78, 5) is 23.8. The van der Waals surface area contributed by atoms with Crippen molar-refractivity contribution in [3.63, 3.8) is 0 Å². The van der Waals surface area contributed by atoms with Crippen molar-refractivity contribution < 1.29 is 24.2 Å². The van der Waals surface area contributed by atoms with Gasteiger partial charge in [0.15, 0.2) is 11.5 Å². The van der Waals surface area contributed by atoms with Crippen LogP contribution in [0.25, 0.3) is 0 Å². The Morgan fingerprint density at radius 1 is 1.12 bits per heavy atom. The number of rotatable bonds is 8. The standard InChI is InChI=1S/C20H29NO5/c1-25-17-10-9-15(12-18(17)26-2)16(13-20(23)24)21-19(22)11-14-7-5-3-4-6-8-14/h9-10,12,14,16H,3-8,11,13H2,1-2H3,(H,21,22)(H,23,24). The van der Waals surface area contributed by atoms with Crippen LogP contribution in [-0.2, 0) is 9.59 Å². The average Bonchev–Trinajstić information content (AvgIpc) is 2.88.